The third-order valence-corrected chi connectivity index (χ3v) is 6.71. The zero-order valence-corrected chi connectivity index (χ0v) is 19.9. The predicted octanol–water partition coefficient (Wildman–Crippen LogP) is 5.49. The highest BCUT2D eigenvalue weighted by Gasteiger charge is 2.35. The molecule has 2 aliphatic rings. The molecule has 0 spiro atoms. The van der Waals surface area contributed by atoms with Crippen LogP contribution in [0.25, 0.3) is 22.7 Å². The highest BCUT2D eigenvalue weighted by Crippen LogP contribution is 2.44. The Morgan fingerprint density at radius 2 is 1.89 bits per heavy atom. The van der Waals surface area contributed by atoms with Crippen molar-refractivity contribution in [2.45, 2.75) is 20.0 Å². The van der Waals surface area contributed by atoms with Gasteiger partial charge in [0.05, 0.1) is 23.7 Å². The second-order valence-corrected chi connectivity index (χ2v) is 8.55. The number of methoxy groups -OCH3 is 1. The quantitative estimate of drug-likeness (QED) is 0.421. The standard InChI is InChI=1S/C28H26N4O3/c1-4-31(5-2)18-14-13-17-15-20-27-29-21-10-6-7-11-22(21)32(27)26(30-28(20)35-24(17)16-18)19-9-8-12-23(34-3)25(19)33/h6-16,26,33H,4-5H2,1-3H3. The summed E-state index contributed by atoms with van der Waals surface area (Å²) in [5.74, 6) is 2.45. The van der Waals surface area contributed by atoms with Crippen molar-refractivity contribution in [1.82, 2.24) is 9.55 Å². The Labute approximate surface area is 203 Å². The van der Waals surface area contributed by atoms with Crippen molar-refractivity contribution in [3.8, 4) is 17.2 Å². The zero-order valence-electron chi connectivity index (χ0n) is 19.9. The molecule has 7 nitrogen and oxygen atoms in total. The molecule has 0 aliphatic carbocycles. The lowest BCUT2D eigenvalue weighted by atomic mass is 10.0. The minimum atomic E-state index is -0.563. The molecule has 0 bridgehead atoms. The summed E-state index contributed by atoms with van der Waals surface area (Å²) < 4.78 is 13.8. The van der Waals surface area contributed by atoms with Crippen molar-refractivity contribution in [2.24, 2.45) is 4.99 Å². The first-order chi connectivity index (χ1) is 17.1. The summed E-state index contributed by atoms with van der Waals surface area (Å²) in [5.41, 5.74) is 5.32. The lowest BCUT2D eigenvalue weighted by molar-refractivity contribution is 0.366. The van der Waals surface area contributed by atoms with Gasteiger partial charge >= 0.3 is 0 Å². The Kier molecular flexibility index (Phi) is 4.99. The van der Waals surface area contributed by atoms with Crippen molar-refractivity contribution in [1.29, 1.82) is 0 Å². The number of para-hydroxylation sites is 3. The minimum Gasteiger partial charge on any atom is -0.504 e. The number of phenols is 1. The topological polar surface area (TPSA) is 72.1 Å². The number of aliphatic imine (C=N–C) groups is 1. The van der Waals surface area contributed by atoms with Crippen molar-refractivity contribution < 1.29 is 14.6 Å². The summed E-state index contributed by atoms with van der Waals surface area (Å²) in [6, 6.07) is 19.7. The summed E-state index contributed by atoms with van der Waals surface area (Å²) in [5, 5.41) is 11.0. The van der Waals surface area contributed by atoms with Gasteiger partial charge in [0.1, 0.15) is 11.6 Å². The molecule has 2 aliphatic heterocycles. The molecule has 7 heteroatoms. The van der Waals surface area contributed by atoms with E-state index in [1.54, 1.807) is 13.2 Å². The molecule has 0 saturated carbocycles. The number of ether oxygens (including phenoxy) is 2. The van der Waals surface area contributed by atoms with Gasteiger partial charge < -0.3 is 19.5 Å². The van der Waals surface area contributed by atoms with Crippen LogP contribution in [0.2, 0.25) is 0 Å². The van der Waals surface area contributed by atoms with Crippen molar-refractivity contribution in [3.63, 3.8) is 0 Å². The average Bonchev–Trinajstić information content (AvgIpc) is 3.28. The largest absolute Gasteiger partial charge is 0.504 e. The van der Waals surface area contributed by atoms with Crippen molar-refractivity contribution in [3.05, 3.63) is 77.6 Å². The zero-order chi connectivity index (χ0) is 24.1. The van der Waals surface area contributed by atoms with Crippen LogP contribution >= 0.6 is 0 Å². The van der Waals surface area contributed by atoms with Crippen LogP contribution in [0, 0.1) is 0 Å². The molecule has 1 N–H and O–H groups in total. The Balaban J connectivity index is 1.57. The van der Waals surface area contributed by atoms with Gasteiger partial charge in [0, 0.05) is 36.0 Å². The first-order valence-electron chi connectivity index (χ1n) is 11.8. The van der Waals surface area contributed by atoms with E-state index in [4.69, 9.17) is 19.5 Å². The number of benzene rings is 3. The molecular formula is C28H26N4O3. The predicted molar refractivity (Wildman–Crippen MR) is 138 cm³/mol. The monoisotopic (exact) mass is 466 g/mol. The fraction of sp³-hybridized carbons (Fsp3) is 0.214. The molecule has 1 aromatic heterocycles. The van der Waals surface area contributed by atoms with Gasteiger partial charge in [-0.3, -0.25) is 4.57 Å². The Hall–Kier alpha value is -4.26. The van der Waals surface area contributed by atoms with Gasteiger partial charge in [0.25, 0.3) is 0 Å². The van der Waals surface area contributed by atoms with Crippen LogP contribution in [0.5, 0.6) is 17.2 Å². The van der Waals surface area contributed by atoms with E-state index in [2.05, 4.69) is 47.6 Å². The van der Waals surface area contributed by atoms with Crippen LogP contribution in [-0.2, 0) is 0 Å². The van der Waals surface area contributed by atoms with Crippen LogP contribution in [0.4, 0.5) is 5.69 Å². The molecule has 6 rings (SSSR count). The highest BCUT2D eigenvalue weighted by atomic mass is 16.5. The van der Waals surface area contributed by atoms with E-state index in [1.807, 2.05) is 36.4 Å². The van der Waals surface area contributed by atoms with Gasteiger partial charge in [-0.1, -0.05) is 24.3 Å². The number of hydrogen-bond donors (Lipinski definition) is 1. The normalized spacial score (nSPS) is 15.9. The summed E-state index contributed by atoms with van der Waals surface area (Å²) >= 11 is 0. The number of nitrogens with zero attached hydrogens (tertiary/aromatic N) is 4. The van der Waals surface area contributed by atoms with E-state index in [0.717, 1.165) is 52.5 Å². The molecule has 0 amide bonds. The van der Waals surface area contributed by atoms with E-state index >= 15 is 0 Å². The maximum absolute atomic E-state index is 11.0. The average molecular weight is 467 g/mol. The van der Waals surface area contributed by atoms with Crippen LogP contribution in [-0.4, -0.2) is 40.8 Å². The maximum atomic E-state index is 11.0. The third-order valence-electron chi connectivity index (χ3n) is 6.71. The number of anilines is 1. The summed E-state index contributed by atoms with van der Waals surface area (Å²) in [6.45, 7) is 6.11. The van der Waals surface area contributed by atoms with Gasteiger partial charge in [-0.05, 0) is 50.3 Å². The number of aromatic nitrogens is 2. The Bertz CT molecular complexity index is 1510. The lowest BCUT2D eigenvalue weighted by Gasteiger charge is -2.30. The molecule has 176 valence electrons. The molecule has 0 radical (unpaired) electrons. The molecule has 1 atom stereocenters. The smallest absolute Gasteiger partial charge is 0.228 e. The van der Waals surface area contributed by atoms with Crippen LogP contribution in [0.3, 0.4) is 0 Å². The molecule has 1 unspecified atom stereocenters. The first-order valence-corrected chi connectivity index (χ1v) is 11.8. The number of rotatable bonds is 5. The minimum absolute atomic E-state index is 0.0561. The lowest BCUT2D eigenvalue weighted by Crippen LogP contribution is -2.27. The van der Waals surface area contributed by atoms with E-state index < -0.39 is 6.17 Å². The number of imidazole rings is 1. The Morgan fingerprint density at radius 3 is 2.69 bits per heavy atom. The van der Waals surface area contributed by atoms with Crippen molar-refractivity contribution in [2.75, 3.05) is 25.1 Å². The summed E-state index contributed by atoms with van der Waals surface area (Å²) in [4.78, 5) is 12.2. The van der Waals surface area contributed by atoms with Crippen LogP contribution < -0.4 is 14.4 Å². The summed E-state index contributed by atoms with van der Waals surface area (Å²) in [6.07, 6.45) is 1.52. The molecular weight excluding hydrogens is 440 g/mol. The molecule has 3 heterocycles. The maximum Gasteiger partial charge on any atom is 0.228 e. The summed E-state index contributed by atoms with van der Waals surface area (Å²) in [7, 11) is 1.54. The van der Waals surface area contributed by atoms with Gasteiger partial charge in [0.15, 0.2) is 17.7 Å². The van der Waals surface area contributed by atoms with Gasteiger partial charge in [-0.2, -0.15) is 0 Å². The SMILES string of the molecule is CCN(CC)c1ccc2c(c1)OC1=NC(c3cccc(OC)c3O)n3c(nc4ccccc43)C1=C2. The van der Waals surface area contributed by atoms with Crippen LogP contribution in [0.15, 0.2) is 65.7 Å². The van der Waals surface area contributed by atoms with Gasteiger partial charge in [-0.15, -0.1) is 0 Å². The molecule has 35 heavy (non-hydrogen) atoms. The van der Waals surface area contributed by atoms with Crippen molar-refractivity contribution >= 4 is 34.3 Å². The second-order valence-electron chi connectivity index (χ2n) is 8.55. The number of fused-ring (bicyclic) bond motifs is 6. The fourth-order valence-corrected chi connectivity index (χ4v) is 4.92. The first kappa shape index (κ1) is 21.3. The van der Waals surface area contributed by atoms with Gasteiger partial charge in [-0.25, -0.2) is 9.98 Å². The van der Waals surface area contributed by atoms with E-state index in [0.29, 0.717) is 17.2 Å². The van der Waals surface area contributed by atoms with Crippen LogP contribution in [0.1, 0.15) is 37.0 Å². The third kappa shape index (κ3) is 3.26. The molecule has 3 aromatic carbocycles. The molecule has 0 fully saturated rings. The van der Waals surface area contributed by atoms with E-state index in [-0.39, 0.29) is 5.75 Å². The second kappa shape index (κ2) is 8.20. The number of phenolic OH excluding ortho intramolecular Hbond substituents is 1. The van der Waals surface area contributed by atoms with E-state index in [9.17, 15) is 5.11 Å². The van der Waals surface area contributed by atoms with Gasteiger partial charge in [0.2, 0.25) is 5.90 Å². The number of hydrogen-bond acceptors (Lipinski definition) is 6. The Morgan fingerprint density at radius 1 is 1.06 bits per heavy atom. The molecule has 0 saturated heterocycles. The van der Waals surface area contributed by atoms with E-state index in [1.165, 1.54) is 0 Å². The number of aromatic hydroxyl groups is 1. The highest BCUT2D eigenvalue weighted by molar-refractivity contribution is 6.27. The molecule has 4 aromatic rings. The fourth-order valence-electron chi connectivity index (χ4n) is 4.92.